The number of piperidine rings is 1. The van der Waals surface area contributed by atoms with Crippen molar-refractivity contribution in [3.8, 4) is 0 Å². The summed E-state index contributed by atoms with van der Waals surface area (Å²) in [6.07, 6.45) is 1.08. The van der Waals surface area contributed by atoms with Crippen molar-refractivity contribution in [1.29, 1.82) is 0 Å². The van der Waals surface area contributed by atoms with Crippen molar-refractivity contribution in [2.24, 2.45) is 5.41 Å². The molecule has 4 rings (SSSR count). The van der Waals surface area contributed by atoms with Crippen molar-refractivity contribution >= 4 is 29.1 Å². The number of nitrogens with one attached hydrogen (secondary N) is 1. The smallest absolute Gasteiger partial charge is 0.229 e. The maximum absolute atomic E-state index is 13.9. The largest absolute Gasteiger partial charge is 0.332 e. The van der Waals surface area contributed by atoms with Gasteiger partial charge in [0.05, 0.1) is 11.5 Å². The van der Waals surface area contributed by atoms with E-state index in [-0.39, 0.29) is 23.9 Å². The molecule has 0 spiro atoms. The van der Waals surface area contributed by atoms with E-state index in [1.807, 2.05) is 54.3 Å². The summed E-state index contributed by atoms with van der Waals surface area (Å²) < 4.78 is 0. The van der Waals surface area contributed by atoms with E-state index >= 15 is 0 Å². The fourth-order valence-electron chi connectivity index (χ4n) is 4.73. The fraction of sp³-hybridized carbons (Fsp3) is 0.391. The second kappa shape index (κ2) is 8.60. The maximum Gasteiger partial charge on any atom is 0.229 e. The van der Waals surface area contributed by atoms with Crippen LogP contribution in [0.1, 0.15) is 56.1 Å². The Morgan fingerprint density at radius 2 is 1.87 bits per heavy atom. The number of benzene rings is 2. The molecular formula is C23H25Cl2N5O. The zero-order valence-electron chi connectivity index (χ0n) is 17.7. The van der Waals surface area contributed by atoms with Crippen LogP contribution in [0.3, 0.4) is 0 Å². The SMILES string of the molecule is CC(C)N1C(=O)C(C)(Cc2nnn[nH]2)CC(c2cccc(Cl)c2)C1c1ccc(Cl)cc1. The molecule has 0 saturated carbocycles. The molecule has 1 aliphatic heterocycles. The van der Waals surface area contributed by atoms with Crippen LogP contribution < -0.4 is 0 Å². The van der Waals surface area contributed by atoms with Gasteiger partial charge in [0.15, 0.2) is 0 Å². The molecule has 3 unspecified atom stereocenters. The standard InChI is InChI=1S/C23H25Cl2N5O/c1-14(2)30-21(15-7-9-17(24)10-8-15)19(16-5-4-6-18(25)11-16)12-23(3,22(30)31)13-20-26-28-29-27-20/h4-11,14,19,21H,12-13H2,1-3H3,(H,26,27,28,29). The van der Waals surface area contributed by atoms with Crippen LogP contribution in [-0.4, -0.2) is 37.5 Å². The summed E-state index contributed by atoms with van der Waals surface area (Å²) >= 11 is 12.5. The number of tetrazole rings is 1. The lowest BCUT2D eigenvalue weighted by molar-refractivity contribution is -0.153. The van der Waals surface area contributed by atoms with Gasteiger partial charge in [-0.05, 0) is 66.1 Å². The van der Waals surface area contributed by atoms with Crippen molar-refractivity contribution in [2.75, 3.05) is 0 Å². The Kier molecular flexibility index (Phi) is 6.04. The maximum atomic E-state index is 13.9. The highest BCUT2D eigenvalue weighted by atomic mass is 35.5. The summed E-state index contributed by atoms with van der Waals surface area (Å²) in [5.74, 6) is 0.743. The number of aromatic amines is 1. The normalized spacial score (nSPS) is 24.1. The molecule has 6 nitrogen and oxygen atoms in total. The van der Waals surface area contributed by atoms with E-state index < -0.39 is 5.41 Å². The Balaban J connectivity index is 1.85. The molecule has 1 saturated heterocycles. The minimum atomic E-state index is -0.665. The third-order valence-corrected chi connectivity index (χ3v) is 6.58. The van der Waals surface area contributed by atoms with Gasteiger partial charge in [-0.1, -0.05) is 54.4 Å². The lowest BCUT2D eigenvalue weighted by Crippen LogP contribution is -2.55. The van der Waals surface area contributed by atoms with Gasteiger partial charge in [-0.25, -0.2) is 5.10 Å². The molecule has 3 aromatic rings. The number of H-pyrrole nitrogens is 1. The molecule has 1 aliphatic rings. The van der Waals surface area contributed by atoms with E-state index in [1.165, 1.54) is 0 Å². The average molecular weight is 458 g/mol. The second-order valence-corrected chi connectivity index (χ2v) is 9.63. The third kappa shape index (κ3) is 4.32. The summed E-state index contributed by atoms with van der Waals surface area (Å²) in [6.45, 7) is 6.11. The lowest BCUT2D eigenvalue weighted by atomic mass is 9.67. The van der Waals surface area contributed by atoms with Gasteiger partial charge in [0, 0.05) is 28.4 Å². The number of hydrogen-bond acceptors (Lipinski definition) is 4. The number of nitrogens with zero attached hydrogens (tertiary/aromatic N) is 4. The first kappa shape index (κ1) is 21.8. The van der Waals surface area contributed by atoms with E-state index in [1.54, 1.807) is 0 Å². The van der Waals surface area contributed by atoms with Crippen LogP contribution in [0.15, 0.2) is 48.5 Å². The first-order valence-corrected chi connectivity index (χ1v) is 11.1. The van der Waals surface area contributed by atoms with Crippen molar-refractivity contribution < 1.29 is 4.79 Å². The Labute approximate surface area is 191 Å². The molecule has 0 bridgehead atoms. The first-order valence-electron chi connectivity index (χ1n) is 10.3. The number of halogens is 2. The summed E-state index contributed by atoms with van der Waals surface area (Å²) in [6, 6.07) is 15.6. The molecule has 3 atom stereocenters. The highest BCUT2D eigenvalue weighted by Gasteiger charge is 2.50. The minimum absolute atomic E-state index is 0.00217. The molecule has 1 amide bonds. The number of likely N-dealkylation sites (tertiary alicyclic amines) is 1. The predicted molar refractivity (Wildman–Crippen MR) is 121 cm³/mol. The zero-order valence-corrected chi connectivity index (χ0v) is 19.2. The highest BCUT2D eigenvalue weighted by molar-refractivity contribution is 6.30. The molecule has 162 valence electrons. The average Bonchev–Trinajstić information content (AvgIpc) is 3.23. The zero-order chi connectivity index (χ0) is 22.2. The third-order valence-electron chi connectivity index (χ3n) is 6.09. The van der Waals surface area contributed by atoms with E-state index in [0.717, 1.165) is 11.1 Å². The molecule has 8 heteroatoms. The molecule has 0 radical (unpaired) electrons. The van der Waals surface area contributed by atoms with Gasteiger partial charge >= 0.3 is 0 Å². The highest BCUT2D eigenvalue weighted by Crippen LogP contribution is 2.51. The summed E-state index contributed by atoms with van der Waals surface area (Å²) in [5.41, 5.74) is 1.49. The van der Waals surface area contributed by atoms with Gasteiger partial charge in [0.1, 0.15) is 5.82 Å². The van der Waals surface area contributed by atoms with Gasteiger partial charge in [0.2, 0.25) is 5.91 Å². The molecule has 1 fully saturated rings. The van der Waals surface area contributed by atoms with Crippen LogP contribution in [0.4, 0.5) is 0 Å². The molecule has 31 heavy (non-hydrogen) atoms. The van der Waals surface area contributed by atoms with Gasteiger partial charge in [-0.3, -0.25) is 4.79 Å². The van der Waals surface area contributed by atoms with Gasteiger partial charge in [-0.2, -0.15) is 0 Å². The molecular weight excluding hydrogens is 433 g/mol. The fourth-order valence-corrected chi connectivity index (χ4v) is 5.06. The number of carbonyl (C=O) groups excluding carboxylic acids is 1. The van der Waals surface area contributed by atoms with E-state index in [4.69, 9.17) is 23.2 Å². The van der Waals surface area contributed by atoms with Crippen molar-refractivity contribution in [3.63, 3.8) is 0 Å². The lowest BCUT2D eigenvalue weighted by Gasteiger charge is -2.51. The van der Waals surface area contributed by atoms with Crippen LogP contribution in [0.5, 0.6) is 0 Å². The van der Waals surface area contributed by atoms with Gasteiger partial charge < -0.3 is 4.90 Å². The number of aromatic nitrogens is 4. The second-order valence-electron chi connectivity index (χ2n) is 8.75. The van der Waals surface area contributed by atoms with Crippen LogP contribution in [0, 0.1) is 5.41 Å². The van der Waals surface area contributed by atoms with Crippen molar-refractivity contribution in [2.45, 2.75) is 51.6 Å². The number of carbonyl (C=O) groups is 1. The van der Waals surface area contributed by atoms with E-state index in [0.29, 0.717) is 28.7 Å². The Bertz CT molecular complexity index is 1050. The number of hydrogen-bond donors (Lipinski definition) is 1. The molecule has 2 aromatic carbocycles. The first-order chi connectivity index (χ1) is 14.8. The summed E-state index contributed by atoms with van der Waals surface area (Å²) in [7, 11) is 0. The van der Waals surface area contributed by atoms with Crippen molar-refractivity contribution in [1.82, 2.24) is 25.5 Å². The predicted octanol–water partition coefficient (Wildman–Crippen LogP) is 5.22. The van der Waals surface area contributed by atoms with Crippen LogP contribution in [-0.2, 0) is 11.2 Å². The van der Waals surface area contributed by atoms with E-state index in [2.05, 4.69) is 40.5 Å². The Morgan fingerprint density at radius 1 is 1.13 bits per heavy atom. The quantitative estimate of drug-likeness (QED) is 0.569. The topological polar surface area (TPSA) is 74.8 Å². The Morgan fingerprint density at radius 3 is 2.48 bits per heavy atom. The molecule has 1 aromatic heterocycles. The summed E-state index contributed by atoms with van der Waals surface area (Å²) in [5, 5.41) is 15.6. The molecule has 1 N–H and O–H groups in total. The van der Waals surface area contributed by atoms with Gasteiger partial charge in [-0.15, -0.1) is 5.10 Å². The minimum Gasteiger partial charge on any atom is -0.332 e. The van der Waals surface area contributed by atoms with Crippen LogP contribution >= 0.6 is 23.2 Å². The van der Waals surface area contributed by atoms with Crippen LogP contribution in [0.2, 0.25) is 10.0 Å². The Hall–Kier alpha value is -2.44. The van der Waals surface area contributed by atoms with E-state index in [9.17, 15) is 4.79 Å². The number of rotatable bonds is 5. The summed E-state index contributed by atoms with van der Waals surface area (Å²) in [4.78, 5) is 15.9. The monoisotopic (exact) mass is 457 g/mol. The van der Waals surface area contributed by atoms with Crippen LogP contribution in [0.25, 0.3) is 0 Å². The molecule has 2 heterocycles. The van der Waals surface area contributed by atoms with Crippen molar-refractivity contribution in [3.05, 3.63) is 75.5 Å². The number of amides is 1. The molecule has 0 aliphatic carbocycles. The van der Waals surface area contributed by atoms with Gasteiger partial charge in [0.25, 0.3) is 0 Å².